The molecule has 36 heavy (non-hydrogen) atoms. The molecule has 0 unspecified atom stereocenters. The van der Waals surface area contributed by atoms with E-state index in [9.17, 15) is 9.59 Å². The Morgan fingerprint density at radius 2 is 1.69 bits per heavy atom. The lowest BCUT2D eigenvalue weighted by Crippen LogP contribution is -2.28. The first-order valence-electron chi connectivity index (χ1n) is 11.9. The molecule has 1 aliphatic heterocycles. The van der Waals surface area contributed by atoms with Crippen LogP contribution < -0.4 is 0 Å². The van der Waals surface area contributed by atoms with E-state index in [0.29, 0.717) is 22.3 Å². The number of amidine groups is 1. The number of carboxylic acids is 1. The molecule has 3 aromatic rings. The van der Waals surface area contributed by atoms with Crippen LogP contribution in [0.5, 0.6) is 0 Å². The molecule has 1 aromatic heterocycles. The summed E-state index contributed by atoms with van der Waals surface area (Å²) in [5.74, 6) is -1.06. The second kappa shape index (κ2) is 9.82. The number of rotatable bonds is 5. The van der Waals surface area contributed by atoms with Crippen LogP contribution in [-0.2, 0) is 10.2 Å². The molecule has 0 radical (unpaired) electrons. The second-order valence-corrected chi connectivity index (χ2v) is 10.9. The first-order chi connectivity index (χ1) is 17.0. The zero-order valence-corrected chi connectivity index (χ0v) is 22.3. The van der Waals surface area contributed by atoms with Gasteiger partial charge in [-0.25, -0.2) is 9.79 Å². The fourth-order valence-corrected chi connectivity index (χ4v) is 5.30. The molecule has 186 valence electrons. The number of aryl methyl sites for hydroxylation is 1. The van der Waals surface area contributed by atoms with E-state index in [1.54, 1.807) is 17.0 Å². The molecule has 0 saturated carbocycles. The number of hydrogen-bond donors (Lipinski definition) is 1. The minimum absolute atomic E-state index is 0.0808. The predicted octanol–water partition coefficient (Wildman–Crippen LogP) is 6.71. The number of benzene rings is 2. The van der Waals surface area contributed by atoms with E-state index in [1.165, 1.54) is 29.5 Å². The summed E-state index contributed by atoms with van der Waals surface area (Å²) in [4.78, 5) is 31.1. The van der Waals surface area contributed by atoms with E-state index in [-0.39, 0.29) is 16.9 Å². The largest absolute Gasteiger partial charge is 0.478 e. The standard InChI is InChI=1S/C29H31N3O3S/c1-7-31-26(33)25(36-28(31)30-23-12-8-20(9-13-23)27(34)35)17-21-16-18(2)32(19(21)3)24-14-10-22(11-15-24)29(4,5)6/h8-17H,7H2,1-6H3,(H,34,35)/b25-17-,30-28?. The normalized spacial score (nSPS) is 16.4. The molecule has 1 amide bonds. The summed E-state index contributed by atoms with van der Waals surface area (Å²) < 4.78 is 2.21. The number of aromatic nitrogens is 1. The van der Waals surface area contributed by atoms with Gasteiger partial charge in [0, 0.05) is 23.6 Å². The summed E-state index contributed by atoms with van der Waals surface area (Å²) in [5, 5.41) is 9.69. The molecule has 0 spiro atoms. The molecule has 0 aliphatic carbocycles. The van der Waals surface area contributed by atoms with Crippen molar-refractivity contribution >= 4 is 40.6 Å². The van der Waals surface area contributed by atoms with E-state index >= 15 is 0 Å². The van der Waals surface area contributed by atoms with Crippen LogP contribution in [0.1, 0.15) is 60.6 Å². The molecule has 0 bridgehead atoms. The number of aromatic carboxylic acids is 1. The average molecular weight is 502 g/mol. The van der Waals surface area contributed by atoms with Gasteiger partial charge in [-0.15, -0.1) is 0 Å². The number of aliphatic imine (C=N–C) groups is 1. The van der Waals surface area contributed by atoms with E-state index in [0.717, 1.165) is 22.6 Å². The maximum Gasteiger partial charge on any atom is 0.335 e. The van der Waals surface area contributed by atoms with Gasteiger partial charge >= 0.3 is 5.97 Å². The molecule has 4 rings (SSSR count). The molecule has 1 fully saturated rings. The van der Waals surface area contributed by atoms with Crippen LogP contribution >= 0.6 is 11.8 Å². The van der Waals surface area contributed by atoms with Crippen LogP contribution in [0.2, 0.25) is 0 Å². The highest BCUT2D eigenvalue weighted by molar-refractivity contribution is 8.18. The van der Waals surface area contributed by atoms with Crippen molar-refractivity contribution in [3.05, 3.63) is 87.6 Å². The lowest BCUT2D eigenvalue weighted by atomic mass is 9.87. The quantitative estimate of drug-likeness (QED) is 0.394. The van der Waals surface area contributed by atoms with Gasteiger partial charge in [-0.1, -0.05) is 32.9 Å². The fourth-order valence-electron chi connectivity index (χ4n) is 4.24. The van der Waals surface area contributed by atoms with Gasteiger partial charge < -0.3 is 9.67 Å². The van der Waals surface area contributed by atoms with Gasteiger partial charge in [0.25, 0.3) is 5.91 Å². The van der Waals surface area contributed by atoms with E-state index in [1.807, 2.05) is 13.0 Å². The average Bonchev–Trinajstić information content (AvgIpc) is 3.27. The van der Waals surface area contributed by atoms with Crippen LogP contribution in [0.25, 0.3) is 11.8 Å². The Bertz CT molecular complexity index is 1370. The molecule has 2 aromatic carbocycles. The number of likely N-dealkylation sites (N-methyl/N-ethyl adjacent to an activating group) is 1. The number of amides is 1. The van der Waals surface area contributed by atoms with E-state index < -0.39 is 5.97 Å². The third kappa shape index (κ3) is 5.02. The molecule has 2 heterocycles. The van der Waals surface area contributed by atoms with Gasteiger partial charge in [0.2, 0.25) is 0 Å². The Kier molecular flexibility index (Phi) is 6.96. The summed E-state index contributed by atoms with van der Waals surface area (Å²) in [7, 11) is 0. The van der Waals surface area contributed by atoms with Gasteiger partial charge in [0.15, 0.2) is 5.17 Å². The van der Waals surface area contributed by atoms with Gasteiger partial charge in [-0.2, -0.15) is 0 Å². The minimum atomic E-state index is -0.984. The number of carbonyl (C=O) groups excluding carboxylic acids is 1. The number of nitrogens with zero attached hydrogens (tertiary/aromatic N) is 3. The third-order valence-corrected chi connectivity index (χ3v) is 7.30. The van der Waals surface area contributed by atoms with E-state index in [2.05, 4.69) is 74.5 Å². The lowest BCUT2D eigenvalue weighted by Gasteiger charge is -2.20. The molecule has 7 heteroatoms. The number of hydrogen-bond acceptors (Lipinski definition) is 4. The highest BCUT2D eigenvalue weighted by atomic mass is 32.2. The number of carbonyl (C=O) groups is 2. The topological polar surface area (TPSA) is 74.9 Å². The smallest absolute Gasteiger partial charge is 0.335 e. The molecular formula is C29H31N3O3S. The zero-order chi connectivity index (χ0) is 26.2. The van der Waals surface area contributed by atoms with Crippen LogP contribution in [0, 0.1) is 13.8 Å². The Morgan fingerprint density at radius 3 is 2.25 bits per heavy atom. The highest BCUT2D eigenvalue weighted by Crippen LogP contribution is 2.35. The van der Waals surface area contributed by atoms with Gasteiger partial charge in [-0.3, -0.25) is 9.69 Å². The maximum atomic E-state index is 13.2. The monoisotopic (exact) mass is 501 g/mol. The predicted molar refractivity (Wildman–Crippen MR) is 147 cm³/mol. The van der Waals surface area contributed by atoms with Crippen molar-refractivity contribution in [2.75, 3.05) is 6.54 Å². The fraction of sp³-hybridized carbons (Fsp3) is 0.276. The molecule has 0 atom stereocenters. The van der Waals surface area contributed by atoms with Crippen LogP contribution in [-0.4, -0.2) is 38.2 Å². The Labute approximate surface area is 216 Å². The minimum Gasteiger partial charge on any atom is -0.478 e. The third-order valence-electron chi connectivity index (χ3n) is 6.29. The van der Waals surface area contributed by atoms with Crippen LogP contribution in [0.4, 0.5) is 5.69 Å². The summed E-state index contributed by atoms with van der Waals surface area (Å²) in [6.07, 6.45) is 1.94. The van der Waals surface area contributed by atoms with Crippen molar-refractivity contribution in [1.82, 2.24) is 9.47 Å². The number of carboxylic acid groups (broad SMARTS) is 1. The zero-order valence-electron chi connectivity index (χ0n) is 21.5. The van der Waals surface area contributed by atoms with Crippen molar-refractivity contribution < 1.29 is 14.7 Å². The number of thioether (sulfide) groups is 1. The van der Waals surface area contributed by atoms with Crippen molar-refractivity contribution in [1.29, 1.82) is 0 Å². The van der Waals surface area contributed by atoms with E-state index in [4.69, 9.17) is 5.11 Å². The Balaban J connectivity index is 1.65. The van der Waals surface area contributed by atoms with Crippen molar-refractivity contribution in [2.24, 2.45) is 4.99 Å². The molecule has 1 N–H and O–H groups in total. The second-order valence-electron chi connectivity index (χ2n) is 9.87. The highest BCUT2D eigenvalue weighted by Gasteiger charge is 2.32. The van der Waals surface area contributed by atoms with Crippen molar-refractivity contribution in [2.45, 2.75) is 47.0 Å². The van der Waals surface area contributed by atoms with Crippen LogP contribution in [0.3, 0.4) is 0 Å². The lowest BCUT2D eigenvalue weighted by molar-refractivity contribution is -0.122. The Hall–Kier alpha value is -3.58. The molecule has 1 saturated heterocycles. The Morgan fingerprint density at radius 1 is 1.06 bits per heavy atom. The molecule has 1 aliphatic rings. The molecular weight excluding hydrogens is 470 g/mol. The van der Waals surface area contributed by atoms with Gasteiger partial charge in [-0.05, 0) is 97.6 Å². The summed E-state index contributed by atoms with van der Waals surface area (Å²) in [6, 6.07) is 17.1. The van der Waals surface area contributed by atoms with Gasteiger partial charge in [0.1, 0.15) is 0 Å². The first kappa shape index (κ1) is 25.5. The molecule has 6 nitrogen and oxygen atoms in total. The SMILES string of the molecule is CCN1C(=O)/C(=C/c2cc(C)n(-c3ccc(C(C)(C)C)cc3)c2C)SC1=Nc1ccc(C(=O)O)cc1. The maximum absolute atomic E-state index is 13.2. The van der Waals surface area contributed by atoms with Crippen molar-refractivity contribution in [3.8, 4) is 5.69 Å². The summed E-state index contributed by atoms with van der Waals surface area (Å²) in [6.45, 7) is 13.2. The van der Waals surface area contributed by atoms with Crippen LogP contribution in [0.15, 0.2) is 64.5 Å². The first-order valence-corrected chi connectivity index (χ1v) is 12.7. The van der Waals surface area contributed by atoms with Gasteiger partial charge in [0.05, 0.1) is 16.2 Å². The summed E-state index contributed by atoms with van der Waals surface area (Å²) >= 11 is 1.34. The van der Waals surface area contributed by atoms with Crippen molar-refractivity contribution in [3.63, 3.8) is 0 Å². The summed E-state index contributed by atoms with van der Waals surface area (Å²) in [5.41, 5.74) is 6.43.